The maximum Gasteiger partial charge on any atom is 0.0463 e. The topological polar surface area (TPSA) is 15.3 Å². The van der Waals surface area contributed by atoms with Crippen molar-refractivity contribution >= 4 is 0 Å². The van der Waals surface area contributed by atoms with Gasteiger partial charge in [-0.1, -0.05) is 38.3 Å². The van der Waals surface area contributed by atoms with Gasteiger partial charge in [0.25, 0.3) is 0 Å². The van der Waals surface area contributed by atoms with Crippen molar-refractivity contribution < 1.29 is 0 Å². The maximum absolute atomic E-state index is 3.86. The molecule has 2 heteroatoms. The maximum atomic E-state index is 3.86. The highest BCUT2D eigenvalue weighted by Crippen LogP contribution is 2.33. The van der Waals surface area contributed by atoms with E-state index in [9.17, 15) is 0 Å². The summed E-state index contributed by atoms with van der Waals surface area (Å²) in [6, 6.07) is 0.545. The van der Waals surface area contributed by atoms with Gasteiger partial charge >= 0.3 is 0 Å². The molecule has 0 saturated carbocycles. The van der Waals surface area contributed by atoms with Crippen LogP contribution in [0.4, 0.5) is 0 Å². The highest BCUT2D eigenvalue weighted by atomic mass is 15.2. The molecule has 1 heterocycles. The first kappa shape index (κ1) is 17.0. The smallest absolute Gasteiger partial charge is 0.0463 e. The Bertz CT molecular complexity index is 330. The van der Waals surface area contributed by atoms with E-state index in [1.807, 2.05) is 0 Å². The molecule has 0 spiro atoms. The van der Waals surface area contributed by atoms with Gasteiger partial charge in [-0.3, -0.25) is 4.90 Å². The molecule has 0 bridgehead atoms. The minimum Gasteiger partial charge on any atom is -0.309 e. The largest absolute Gasteiger partial charge is 0.309 e. The quantitative estimate of drug-likeness (QED) is 0.725. The van der Waals surface area contributed by atoms with Gasteiger partial charge in [-0.25, -0.2) is 0 Å². The average Bonchev–Trinajstić information content (AvgIpc) is 2.82. The van der Waals surface area contributed by atoms with E-state index in [1.54, 1.807) is 5.57 Å². The lowest BCUT2D eigenvalue weighted by Crippen LogP contribution is -2.61. The van der Waals surface area contributed by atoms with Gasteiger partial charge in [0.15, 0.2) is 0 Å². The average molecular weight is 293 g/mol. The minimum absolute atomic E-state index is 0.284. The van der Waals surface area contributed by atoms with Crippen LogP contribution < -0.4 is 5.32 Å². The van der Waals surface area contributed by atoms with Gasteiger partial charge in [0, 0.05) is 11.6 Å². The molecule has 1 N–H and O–H groups in total. The Morgan fingerprint density at radius 2 is 1.81 bits per heavy atom. The zero-order chi connectivity index (χ0) is 15.1. The van der Waals surface area contributed by atoms with Crippen LogP contribution in [0.2, 0.25) is 0 Å². The number of nitrogens with zero attached hydrogens (tertiary/aromatic N) is 1. The van der Waals surface area contributed by atoms with E-state index in [0.717, 1.165) is 6.54 Å². The first-order valence-electron chi connectivity index (χ1n) is 9.39. The predicted octanol–water partition coefficient (Wildman–Crippen LogP) is 4.51. The van der Waals surface area contributed by atoms with Crippen molar-refractivity contribution in [1.29, 1.82) is 0 Å². The van der Waals surface area contributed by atoms with Crippen LogP contribution in [0.25, 0.3) is 0 Å². The summed E-state index contributed by atoms with van der Waals surface area (Å²) in [6.07, 6.45) is 14.8. The van der Waals surface area contributed by atoms with Gasteiger partial charge in [-0.05, 0) is 71.5 Å². The molecule has 2 aliphatic rings. The highest BCUT2D eigenvalue weighted by Gasteiger charge is 2.39. The lowest BCUT2D eigenvalue weighted by atomic mass is 9.80. The third-order valence-corrected chi connectivity index (χ3v) is 5.77. The molecule has 1 fully saturated rings. The first-order valence-corrected chi connectivity index (χ1v) is 9.39. The van der Waals surface area contributed by atoms with Crippen molar-refractivity contribution in [1.82, 2.24) is 10.2 Å². The van der Waals surface area contributed by atoms with Gasteiger partial charge in [0.2, 0.25) is 0 Å². The number of hydrogen-bond acceptors (Lipinski definition) is 2. The number of likely N-dealkylation sites (N-methyl/N-ethyl adjacent to an activating group) is 1. The van der Waals surface area contributed by atoms with E-state index in [-0.39, 0.29) is 5.54 Å². The Hall–Kier alpha value is -0.340. The molecule has 2 atom stereocenters. The van der Waals surface area contributed by atoms with Crippen LogP contribution in [0.3, 0.4) is 0 Å². The van der Waals surface area contributed by atoms with Crippen molar-refractivity contribution in [3.05, 3.63) is 11.6 Å². The summed E-state index contributed by atoms with van der Waals surface area (Å²) in [5.41, 5.74) is 1.98. The third-order valence-electron chi connectivity index (χ3n) is 5.77. The summed E-state index contributed by atoms with van der Waals surface area (Å²) in [6.45, 7) is 10.8. The molecule has 2 rings (SSSR count). The molecule has 21 heavy (non-hydrogen) atoms. The number of hydrogen-bond donors (Lipinski definition) is 1. The van der Waals surface area contributed by atoms with Crippen LogP contribution in [-0.4, -0.2) is 36.1 Å². The Labute approximate surface area is 132 Å². The van der Waals surface area contributed by atoms with Crippen molar-refractivity contribution in [3.8, 4) is 0 Å². The van der Waals surface area contributed by atoms with Gasteiger partial charge in [0.1, 0.15) is 0 Å². The van der Waals surface area contributed by atoms with E-state index >= 15 is 0 Å². The summed E-state index contributed by atoms with van der Waals surface area (Å²) < 4.78 is 0. The normalized spacial score (nSPS) is 25.8. The molecule has 0 aromatic heterocycles. The molecule has 0 radical (unpaired) electrons. The second kappa shape index (κ2) is 8.33. The number of nitrogens with one attached hydrogen (secondary N) is 1. The SMILES string of the molecule is CCNC(C1=CCCCCC1)C(C)(CC)N1CCCCC1. The monoisotopic (exact) mass is 292 g/mol. The van der Waals surface area contributed by atoms with Gasteiger partial charge < -0.3 is 5.32 Å². The van der Waals surface area contributed by atoms with E-state index in [2.05, 4.69) is 37.1 Å². The zero-order valence-electron chi connectivity index (χ0n) is 14.6. The molecule has 2 unspecified atom stereocenters. The summed E-state index contributed by atoms with van der Waals surface area (Å²) in [4.78, 5) is 2.79. The Balaban J connectivity index is 2.21. The first-order chi connectivity index (χ1) is 10.2. The Morgan fingerprint density at radius 3 is 2.48 bits per heavy atom. The van der Waals surface area contributed by atoms with Crippen molar-refractivity contribution in [3.63, 3.8) is 0 Å². The molecular weight excluding hydrogens is 256 g/mol. The van der Waals surface area contributed by atoms with Gasteiger partial charge in [-0.2, -0.15) is 0 Å². The van der Waals surface area contributed by atoms with E-state index < -0.39 is 0 Å². The van der Waals surface area contributed by atoms with Crippen molar-refractivity contribution in [2.75, 3.05) is 19.6 Å². The summed E-state index contributed by atoms with van der Waals surface area (Å²) in [7, 11) is 0. The fraction of sp³-hybridized carbons (Fsp3) is 0.895. The van der Waals surface area contributed by atoms with Crippen LogP contribution in [0, 0.1) is 0 Å². The number of rotatable bonds is 6. The highest BCUT2D eigenvalue weighted by molar-refractivity contribution is 5.20. The minimum atomic E-state index is 0.284. The van der Waals surface area contributed by atoms with Crippen LogP contribution in [-0.2, 0) is 0 Å². The van der Waals surface area contributed by atoms with Crippen LogP contribution in [0.5, 0.6) is 0 Å². The second-order valence-corrected chi connectivity index (χ2v) is 7.13. The van der Waals surface area contributed by atoms with E-state index in [1.165, 1.54) is 70.9 Å². The molecule has 1 saturated heterocycles. The molecule has 1 aliphatic heterocycles. The van der Waals surface area contributed by atoms with Crippen molar-refractivity contribution in [2.24, 2.45) is 0 Å². The zero-order valence-corrected chi connectivity index (χ0v) is 14.6. The molecular formula is C19H36N2. The molecule has 0 amide bonds. The number of allylic oxidation sites excluding steroid dienone is 1. The van der Waals surface area contributed by atoms with Crippen LogP contribution in [0.1, 0.15) is 78.6 Å². The number of piperidine rings is 1. The summed E-state index contributed by atoms with van der Waals surface area (Å²) in [5.74, 6) is 0. The molecule has 0 aromatic rings. The fourth-order valence-electron chi connectivity index (χ4n) is 4.27. The molecule has 0 aromatic carbocycles. The second-order valence-electron chi connectivity index (χ2n) is 7.13. The lowest BCUT2D eigenvalue weighted by molar-refractivity contribution is 0.0528. The molecule has 122 valence electrons. The van der Waals surface area contributed by atoms with Crippen LogP contribution >= 0.6 is 0 Å². The van der Waals surface area contributed by atoms with Crippen LogP contribution in [0.15, 0.2) is 11.6 Å². The lowest BCUT2D eigenvalue weighted by Gasteiger charge is -2.49. The summed E-state index contributed by atoms with van der Waals surface area (Å²) >= 11 is 0. The van der Waals surface area contributed by atoms with Gasteiger partial charge in [-0.15, -0.1) is 0 Å². The van der Waals surface area contributed by atoms with Crippen molar-refractivity contribution in [2.45, 2.75) is 90.1 Å². The standard InChI is InChI=1S/C19H36N2/c1-4-19(3,21-15-11-8-12-16-21)18(20-5-2)17-13-9-6-7-10-14-17/h13,18,20H,4-12,14-16H2,1-3H3. The fourth-order valence-corrected chi connectivity index (χ4v) is 4.27. The molecule has 1 aliphatic carbocycles. The predicted molar refractivity (Wildman–Crippen MR) is 92.8 cm³/mol. The Morgan fingerprint density at radius 1 is 1.10 bits per heavy atom. The summed E-state index contributed by atoms with van der Waals surface area (Å²) in [5, 5.41) is 3.86. The third kappa shape index (κ3) is 4.10. The molecule has 2 nitrogen and oxygen atoms in total. The van der Waals surface area contributed by atoms with E-state index in [4.69, 9.17) is 0 Å². The van der Waals surface area contributed by atoms with E-state index in [0.29, 0.717) is 6.04 Å². The number of likely N-dealkylation sites (tertiary alicyclic amines) is 1. The Kier molecular flexibility index (Phi) is 6.75. The van der Waals surface area contributed by atoms with Gasteiger partial charge in [0.05, 0.1) is 0 Å².